The zero-order chi connectivity index (χ0) is 8.97. The number of benzene rings is 1. The molecule has 0 amide bonds. The van der Waals surface area contributed by atoms with Gasteiger partial charge in [0.1, 0.15) is 0 Å². The van der Waals surface area contributed by atoms with Crippen LogP contribution in [0.25, 0.3) is 5.57 Å². The highest BCUT2D eigenvalue weighted by Gasteiger charge is 2.03. The van der Waals surface area contributed by atoms with Crippen LogP contribution >= 0.6 is 0 Å². The van der Waals surface area contributed by atoms with Crippen molar-refractivity contribution in [2.75, 3.05) is 0 Å². The molecule has 2 N–H and O–H groups in total. The number of aliphatic hydroxyl groups is 2. The summed E-state index contributed by atoms with van der Waals surface area (Å²) in [5.41, 5.74) is 1.44. The molecule has 0 unspecified atom stereocenters. The van der Waals surface area contributed by atoms with E-state index in [2.05, 4.69) is 0 Å². The Hall–Kier alpha value is -1.44. The van der Waals surface area contributed by atoms with Crippen molar-refractivity contribution in [2.24, 2.45) is 0 Å². The lowest BCUT2D eigenvalue weighted by Gasteiger charge is -2.03. The molecule has 0 heterocycles. The van der Waals surface area contributed by atoms with E-state index in [9.17, 15) is 0 Å². The Morgan fingerprint density at radius 3 is 2.17 bits per heavy atom. The molecule has 0 saturated heterocycles. The van der Waals surface area contributed by atoms with Gasteiger partial charge in [0, 0.05) is 5.57 Å². The third-order valence-electron chi connectivity index (χ3n) is 1.75. The first-order valence-corrected chi connectivity index (χ1v) is 3.92. The molecule has 0 aliphatic rings. The van der Waals surface area contributed by atoms with Crippen LogP contribution in [0.1, 0.15) is 18.9 Å². The summed E-state index contributed by atoms with van der Waals surface area (Å²) < 4.78 is 0. The fourth-order valence-corrected chi connectivity index (χ4v) is 1.13. The smallest absolute Gasteiger partial charge is 0.278 e. The molecule has 12 heavy (non-hydrogen) atoms. The van der Waals surface area contributed by atoms with Crippen molar-refractivity contribution in [3.8, 4) is 0 Å². The molecule has 0 fully saturated rings. The molecule has 0 bridgehead atoms. The molecule has 0 aliphatic heterocycles. The second-order valence-electron chi connectivity index (χ2n) is 2.52. The van der Waals surface area contributed by atoms with Crippen molar-refractivity contribution >= 4 is 5.57 Å². The van der Waals surface area contributed by atoms with E-state index in [1.165, 1.54) is 0 Å². The average Bonchev–Trinajstić information content (AvgIpc) is 2.07. The number of rotatable bonds is 2. The summed E-state index contributed by atoms with van der Waals surface area (Å²) in [4.78, 5) is 0. The lowest BCUT2D eigenvalue weighted by Crippen LogP contribution is -1.88. The third kappa shape index (κ3) is 1.78. The van der Waals surface area contributed by atoms with E-state index < -0.39 is 5.95 Å². The van der Waals surface area contributed by atoms with Gasteiger partial charge in [-0.25, -0.2) is 0 Å². The number of hydrogen-bond acceptors (Lipinski definition) is 2. The van der Waals surface area contributed by atoms with Gasteiger partial charge in [-0.2, -0.15) is 0 Å². The molecule has 1 aromatic carbocycles. The Kier molecular flexibility index (Phi) is 2.75. The lowest BCUT2D eigenvalue weighted by atomic mass is 10.1. The second-order valence-corrected chi connectivity index (χ2v) is 2.52. The van der Waals surface area contributed by atoms with Crippen molar-refractivity contribution in [3.05, 3.63) is 41.8 Å². The fraction of sp³-hybridized carbons (Fsp3) is 0.200. The van der Waals surface area contributed by atoms with Gasteiger partial charge in [-0.15, -0.1) is 0 Å². The lowest BCUT2D eigenvalue weighted by molar-refractivity contribution is 0.193. The highest BCUT2D eigenvalue weighted by molar-refractivity contribution is 5.65. The van der Waals surface area contributed by atoms with Crippen molar-refractivity contribution in [3.63, 3.8) is 0 Å². The number of hydrogen-bond donors (Lipinski definition) is 2. The van der Waals surface area contributed by atoms with Gasteiger partial charge in [0.05, 0.1) is 0 Å². The minimum atomic E-state index is -0.580. The summed E-state index contributed by atoms with van der Waals surface area (Å²) in [7, 11) is 0. The molecule has 2 nitrogen and oxygen atoms in total. The summed E-state index contributed by atoms with van der Waals surface area (Å²) in [5.74, 6) is -0.580. The van der Waals surface area contributed by atoms with Crippen LogP contribution in [-0.2, 0) is 0 Å². The fourth-order valence-electron chi connectivity index (χ4n) is 1.13. The van der Waals surface area contributed by atoms with Crippen molar-refractivity contribution in [1.82, 2.24) is 0 Å². The Morgan fingerprint density at radius 2 is 1.75 bits per heavy atom. The molecule has 0 saturated carbocycles. The summed E-state index contributed by atoms with van der Waals surface area (Å²) in [6, 6.07) is 9.34. The molecule has 1 aromatic rings. The van der Waals surface area contributed by atoms with E-state index in [0.29, 0.717) is 12.0 Å². The Morgan fingerprint density at radius 1 is 1.17 bits per heavy atom. The summed E-state index contributed by atoms with van der Waals surface area (Å²) >= 11 is 0. The maximum Gasteiger partial charge on any atom is 0.278 e. The normalized spacial score (nSPS) is 9.42. The Balaban J connectivity index is 3.05. The second kappa shape index (κ2) is 3.81. The van der Waals surface area contributed by atoms with Gasteiger partial charge in [0.2, 0.25) is 0 Å². The molecular weight excluding hydrogens is 152 g/mol. The van der Waals surface area contributed by atoms with Crippen molar-refractivity contribution in [2.45, 2.75) is 13.3 Å². The van der Waals surface area contributed by atoms with Crippen LogP contribution in [0.15, 0.2) is 36.3 Å². The monoisotopic (exact) mass is 164 g/mol. The standard InChI is InChI=1S/C10H12O2/c1-2-9(10(11)12)8-6-4-3-5-7-8/h3-7,11-12H,2H2,1H3. The van der Waals surface area contributed by atoms with Crippen molar-refractivity contribution < 1.29 is 10.2 Å². The van der Waals surface area contributed by atoms with Gasteiger partial charge in [-0.3, -0.25) is 0 Å². The predicted molar refractivity (Wildman–Crippen MR) is 48.9 cm³/mol. The van der Waals surface area contributed by atoms with E-state index >= 15 is 0 Å². The maximum atomic E-state index is 8.90. The van der Waals surface area contributed by atoms with Crippen LogP contribution in [-0.4, -0.2) is 10.2 Å². The molecule has 1 rings (SSSR count). The molecule has 0 aromatic heterocycles. The zero-order valence-electron chi connectivity index (χ0n) is 6.99. The quantitative estimate of drug-likeness (QED) is 0.660. The third-order valence-corrected chi connectivity index (χ3v) is 1.75. The summed E-state index contributed by atoms with van der Waals surface area (Å²) in [6.45, 7) is 1.88. The van der Waals surface area contributed by atoms with Gasteiger partial charge >= 0.3 is 0 Å². The van der Waals surface area contributed by atoms with Gasteiger partial charge in [-0.05, 0) is 12.0 Å². The first kappa shape index (κ1) is 8.65. The van der Waals surface area contributed by atoms with Crippen LogP contribution < -0.4 is 0 Å². The molecule has 64 valence electrons. The van der Waals surface area contributed by atoms with Gasteiger partial charge < -0.3 is 10.2 Å². The average molecular weight is 164 g/mol. The first-order chi connectivity index (χ1) is 5.75. The number of allylic oxidation sites excluding steroid dienone is 1. The first-order valence-electron chi connectivity index (χ1n) is 3.92. The predicted octanol–water partition coefficient (Wildman–Crippen LogP) is 2.88. The van der Waals surface area contributed by atoms with Crippen LogP contribution in [0.5, 0.6) is 0 Å². The maximum absolute atomic E-state index is 8.90. The molecule has 0 radical (unpaired) electrons. The van der Waals surface area contributed by atoms with E-state index in [4.69, 9.17) is 10.2 Å². The van der Waals surface area contributed by atoms with E-state index in [-0.39, 0.29) is 0 Å². The molecule has 2 heteroatoms. The molecular formula is C10H12O2. The minimum absolute atomic E-state index is 0.579. The molecule has 0 atom stereocenters. The topological polar surface area (TPSA) is 40.5 Å². The highest BCUT2D eigenvalue weighted by Crippen LogP contribution is 2.18. The Labute approximate surface area is 71.8 Å². The summed E-state index contributed by atoms with van der Waals surface area (Å²) in [6.07, 6.45) is 0.617. The van der Waals surface area contributed by atoms with E-state index in [1.54, 1.807) is 0 Å². The van der Waals surface area contributed by atoms with Gasteiger partial charge in [0.15, 0.2) is 0 Å². The summed E-state index contributed by atoms with van der Waals surface area (Å²) in [5, 5.41) is 17.8. The minimum Gasteiger partial charge on any atom is -0.481 e. The van der Waals surface area contributed by atoms with Crippen LogP contribution in [0.4, 0.5) is 0 Å². The van der Waals surface area contributed by atoms with Gasteiger partial charge in [-0.1, -0.05) is 37.3 Å². The zero-order valence-corrected chi connectivity index (χ0v) is 6.99. The molecule has 0 aliphatic carbocycles. The van der Waals surface area contributed by atoms with E-state index in [0.717, 1.165) is 5.56 Å². The molecule has 0 spiro atoms. The van der Waals surface area contributed by atoms with E-state index in [1.807, 2.05) is 37.3 Å². The SMILES string of the molecule is CCC(=C(O)O)c1ccccc1. The van der Waals surface area contributed by atoms with Crippen LogP contribution in [0.3, 0.4) is 0 Å². The van der Waals surface area contributed by atoms with Crippen LogP contribution in [0.2, 0.25) is 0 Å². The number of aliphatic hydroxyl groups excluding tert-OH is 1. The largest absolute Gasteiger partial charge is 0.481 e. The van der Waals surface area contributed by atoms with Crippen molar-refractivity contribution in [1.29, 1.82) is 0 Å². The van der Waals surface area contributed by atoms with Gasteiger partial charge in [0.25, 0.3) is 5.95 Å². The highest BCUT2D eigenvalue weighted by atomic mass is 16.5. The Bertz CT molecular complexity index is 271. The van der Waals surface area contributed by atoms with Crippen LogP contribution in [0, 0.1) is 0 Å².